The van der Waals surface area contributed by atoms with Crippen molar-refractivity contribution in [2.75, 3.05) is 19.5 Å². The normalized spacial score (nSPS) is 10.1. The van der Waals surface area contributed by atoms with Gasteiger partial charge in [0.25, 0.3) is 0 Å². The van der Waals surface area contributed by atoms with E-state index in [1.807, 2.05) is 0 Å². The largest absolute Gasteiger partial charge is 0.496 e. The van der Waals surface area contributed by atoms with Crippen LogP contribution in [0, 0.1) is 10.1 Å². The first-order chi connectivity index (χ1) is 8.69. The highest BCUT2D eigenvalue weighted by atomic mass is 32.1. The highest BCUT2D eigenvalue weighted by Gasteiger charge is 2.16. The van der Waals surface area contributed by atoms with Gasteiger partial charge >= 0.3 is 5.69 Å². The number of unbranched alkanes of at least 4 members (excludes halogenated alkanes) is 2. The average Bonchev–Trinajstić information content (AvgIpc) is 2.38. The summed E-state index contributed by atoms with van der Waals surface area (Å²) in [6.45, 7) is 0.473. The van der Waals surface area contributed by atoms with Gasteiger partial charge in [-0.25, -0.2) is 0 Å². The minimum atomic E-state index is -0.467. The van der Waals surface area contributed by atoms with Crippen LogP contribution in [0.25, 0.3) is 0 Å². The standard InChI is InChI=1S/C12H17NO4S/c1-16-10-5-6-12(11(9-10)13(14)15)17-7-3-2-4-8-18/h5-6,9,18H,2-4,7-8H2,1H3. The first-order valence-corrected chi connectivity index (χ1v) is 6.38. The second-order valence-corrected chi connectivity index (χ2v) is 4.17. The molecule has 0 aromatic heterocycles. The van der Waals surface area contributed by atoms with E-state index < -0.39 is 4.92 Å². The summed E-state index contributed by atoms with van der Waals surface area (Å²) < 4.78 is 10.4. The maximum Gasteiger partial charge on any atom is 0.314 e. The molecule has 0 atom stereocenters. The average molecular weight is 271 g/mol. The fourth-order valence-electron chi connectivity index (χ4n) is 1.46. The number of hydrogen-bond acceptors (Lipinski definition) is 5. The zero-order valence-electron chi connectivity index (χ0n) is 10.3. The summed E-state index contributed by atoms with van der Waals surface area (Å²) in [5, 5.41) is 10.9. The van der Waals surface area contributed by atoms with Gasteiger partial charge in [-0.3, -0.25) is 10.1 Å². The van der Waals surface area contributed by atoms with E-state index >= 15 is 0 Å². The fraction of sp³-hybridized carbons (Fsp3) is 0.500. The van der Waals surface area contributed by atoms with Gasteiger partial charge in [0.15, 0.2) is 5.75 Å². The van der Waals surface area contributed by atoms with Crippen LogP contribution in [0.1, 0.15) is 19.3 Å². The van der Waals surface area contributed by atoms with Crippen molar-refractivity contribution in [3.8, 4) is 11.5 Å². The van der Waals surface area contributed by atoms with Gasteiger partial charge in [0.1, 0.15) is 5.75 Å². The van der Waals surface area contributed by atoms with E-state index in [1.54, 1.807) is 12.1 Å². The second-order valence-electron chi connectivity index (χ2n) is 3.72. The summed E-state index contributed by atoms with van der Waals surface area (Å²) >= 11 is 4.11. The van der Waals surface area contributed by atoms with E-state index in [0.717, 1.165) is 25.0 Å². The minimum Gasteiger partial charge on any atom is -0.496 e. The van der Waals surface area contributed by atoms with E-state index in [1.165, 1.54) is 13.2 Å². The lowest BCUT2D eigenvalue weighted by atomic mass is 10.2. The Balaban J connectivity index is 2.61. The van der Waals surface area contributed by atoms with E-state index in [9.17, 15) is 10.1 Å². The molecule has 0 aliphatic carbocycles. The van der Waals surface area contributed by atoms with Crippen LogP contribution in [0.5, 0.6) is 11.5 Å². The zero-order valence-corrected chi connectivity index (χ0v) is 11.2. The summed E-state index contributed by atoms with van der Waals surface area (Å²) in [7, 11) is 1.47. The van der Waals surface area contributed by atoms with Crippen LogP contribution in [0.15, 0.2) is 18.2 Å². The molecule has 0 aliphatic rings. The summed E-state index contributed by atoms with van der Waals surface area (Å²) in [5.74, 6) is 1.58. The number of methoxy groups -OCH3 is 1. The number of rotatable bonds is 8. The Kier molecular flexibility index (Phi) is 6.35. The van der Waals surface area contributed by atoms with Gasteiger partial charge in [0.05, 0.1) is 24.7 Å². The van der Waals surface area contributed by atoms with E-state index in [4.69, 9.17) is 9.47 Å². The highest BCUT2D eigenvalue weighted by molar-refractivity contribution is 7.80. The number of thiol groups is 1. The molecule has 0 radical (unpaired) electrons. The Labute approximate surface area is 112 Å². The molecule has 0 aliphatic heterocycles. The van der Waals surface area contributed by atoms with Crippen molar-refractivity contribution < 1.29 is 14.4 Å². The van der Waals surface area contributed by atoms with E-state index in [0.29, 0.717) is 12.4 Å². The molecule has 0 spiro atoms. The van der Waals surface area contributed by atoms with Gasteiger partial charge in [-0.15, -0.1) is 0 Å². The van der Waals surface area contributed by atoms with Gasteiger partial charge in [0.2, 0.25) is 0 Å². The molecule has 5 nitrogen and oxygen atoms in total. The van der Waals surface area contributed by atoms with E-state index in [-0.39, 0.29) is 11.4 Å². The summed E-state index contributed by atoms with van der Waals surface area (Å²) in [4.78, 5) is 10.4. The van der Waals surface area contributed by atoms with Gasteiger partial charge in [-0.2, -0.15) is 12.6 Å². The van der Waals surface area contributed by atoms with Crippen molar-refractivity contribution in [2.24, 2.45) is 0 Å². The number of ether oxygens (including phenoxy) is 2. The Morgan fingerprint density at radius 2 is 2.11 bits per heavy atom. The molecule has 18 heavy (non-hydrogen) atoms. The molecule has 1 aromatic rings. The van der Waals surface area contributed by atoms with Crippen molar-refractivity contribution in [3.05, 3.63) is 28.3 Å². The van der Waals surface area contributed by atoms with Gasteiger partial charge in [0, 0.05) is 0 Å². The monoisotopic (exact) mass is 271 g/mol. The highest BCUT2D eigenvalue weighted by Crippen LogP contribution is 2.31. The first-order valence-electron chi connectivity index (χ1n) is 5.75. The molecule has 0 heterocycles. The summed E-state index contributed by atoms with van der Waals surface area (Å²) in [6.07, 6.45) is 2.90. The molecular formula is C12H17NO4S. The summed E-state index contributed by atoms with van der Waals surface area (Å²) in [6, 6.07) is 4.58. The number of nitrogens with zero attached hydrogens (tertiary/aromatic N) is 1. The van der Waals surface area contributed by atoms with Gasteiger partial charge < -0.3 is 9.47 Å². The zero-order chi connectivity index (χ0) is 13.4. The van der Waals surface area contributed by atoms with Crippen molar-refractivity contribution in [2.45, 2.75) is 19.3 Å². The predicted molar refractivity (Wildman–Crippen MR) is 72.8 cm³/mol. The molecule has 6 heteroatoms. The number of nitro benzene ring substituents is 1. The smallest absolute Gasteiger partial charge is 0.314 e. The fourth-order valence-corrected chi connectivity index (χ4v) is 1.69. The van der Waals surface area contributed by atoms with Crippen LogP contribution in [-0.2, 0) is 0 Å². The molecule has 0 saturated heterocycles. The van der Waals surface area contributed by atoms with Crippen LogP contribution in [0.4, 0.5) is 5.69 Å². The number of benzene rings is 1. The Bertz CT molecular complexity index is 398. The van der Waals surface area contributed by atoms with Crippen LogP contribution in [0.3, 0.4) is 0 Å². The first kappa shape index (κ1) is 14.6. The van der Waals surface area contributed by atoms with Gasteiger partial charge in [-0.05, 0) is 37.1 Å². The topological polar surface area (TPSA) is 61.6 Å². The van der Waals surface area contributed by atoms with E-state index in [2.05, 4.69) is 12.6 Å². The maximum atomic E-state index is 10.9. The molecule has 100 valence electrons. The van der Waals surface area contributed by atoms with Gasteiger partial charge in [-0.1, -0.05) is 0 Å². The van der Waals surface area contributed by atoms with Crippen molar-refractivity contribution >= 4 is 18.3 Å². The molecule has 0 bridgehead atoms. The van der Waals surface area contributed by atoms with Crippen LogP contribution < -0.4 is 9.47 Å². The third-order valence-corrected chi connectivity index (χ3v) is 2.74. The number of hydrogen-bond donors (Lipinski definition) is 1. The molecule has 1 rings (SSSR count). The van der Waals surface area contributed by atoms with Crippen molar-refractivity contribution in [3.63, 3.8) is 0 Å². The molecule has 0 N–H and O–H groups in total. The van der Waals surface area contributed by atoms with Crippen molar-refractivity contribution in [1.82, 2.24) is 0 Å². The summed E-state index contributed by atoms with van der Waals surface area (Å²) in [5.41, 5.74) is -0.0662. The lowest BCUT2D eigenvalue weighted by Gasteiger charge is -2.07. The quantitative estimate of drug-likeness (QED) is 0.341. The molecule has 0 amide bonds. The molecule has 0 unspecified atom stereocenters. The lowest BCUT2D eigenvalue weighted by molar-refractivity contribution is -0.385. The second kappa shape index (κ2) is 7.81. The molecule has 1 aromatic carbocycles. The SMILES string of the molecule is COc1ccc(OCCCCCS)c([N+](=O)[O-])c1. The lowest BCUT2D eigenvalue weighted by Crippen LogP contribution is -2.01. The Hall–Kier alpha value is -1.43. The third kappa shape index (κ3) is 4.44. The van der Waals surface area contributed by atoms with Crippen LogP contribution in [0.2, 0.25) is 0 Å². The number of nitro groups is 1. The maximum absolute atomic E-state index is 10.9. The Morgan fingerprint density at radius 1 is 1.33 bits per heavy atom. The van der Waals surface area contributed by atoms with Crippen LogP contribution in [-0.4, -0.2) is 24.4 Å². The molecular weight excluding hydrogens is 254 g/mol. The Morgan fingerprint density at radius 3 is 2.72 bits per heavy atom. The van der Waals surface area contributed by atoms with Crippen molar-refractivity contribution in [1.29, 1.82) is 0 Å². The minimum absolute atomic E-state index is 0.0662. The third-order valence-electron chi connectivity index (χ3n) is 2.42. The molecule has 0 saturated carbocycles. The predicted octanol–water partition coefficient (Wildman–Crippen LogP) is 3.08. The molecule has 0 fully saturated rings. The van der Waals surface area contributed by atoms with Crippen LogP contribution >= 0.6 is 12.6 Å².